The Kier molecular flexibility index (Phi) is 7.42. The van der Waals surface area contributed by atoms with Crippen molar-refractivity contribution in [2.45, 2.75) is 30.0 Å². The van der Waals surface area contributed by atoms with E-state index in [0.29, 0.717) is 12.8 Å². The summed E-state index contributed by atoms with van der Waals surface area (Å²) in [6, 6.07) is 11.8. The largest absolute Gasteiger partial charge is 0.416 e. The van der Waals surface area contributed by atoms with Gasteiger partial charge in [-0.25, -0.2) is 22.7 Å². The van der Waals surface area contributed by atoms with Crippen LogP contribution < -0.4 is 15.8 Å². The summed E-state index contributed by atoms with van der Waals surface area (Å²) in [5.74, 6) is -1.49. The first-order chi connectivity index (χ1) is 17.8. The van der Waals surface area contributed by atoms with Crippen LogP contribution in [-0.2, 0) is 21.0 Å². The molecule has 4 N–H and O–H groups in total. The molecule has 1 aliphatic rings. The van der Waals surface area contributed by atoms with E-state index in [-0.39, 0.29) is 33.9 Å². The van der Waals surface area contributed by atoms with Crippen molar-refractivity contribution < 1.29 is 35.6 Å². The molecule has 1 heterocycles. The molecule has 3 amide bonds. The first kappa shape index (κ1) is 27.1. The SMILES string of the molecule is NS(=O)(=O)c1ccccc1-c1ccc(NC(=O)C2CCCN2C(=O)Nc2ccc(C(F)(F)F)cc2)c(F)c1. The lowest BCUT2D eigenvalue weighted by Crippen LogP contribution is -2.45. The van der Waals surface area contributed by atoms with E-state index >= 15 is 0 Å². The quantitative estimate of drug-likeness (QED) is 0.396. The van der Waals surface area contributed by atoms with Gasteiger partial charge in [-0.2, -0.15) is 13.2 Å². The second kappa shape index (κ2) is 10.4. The highest BCUT2D eigenvalue weighted by Gasteiger charge is 2.35. The van der Waals surface area contributed by atoms with Gasteiger partial charge in [-0.1, -0.05) is 24.3 Å². The number of sulfonamides is 1. The number of benzene rings is 3. The first-order valence-electron chi connectivity index (χ1n) is 11.3. The number of hydrogen-bond donors (Lipinski definition) is 3. The molecule has 1 atom stereocenters. The highest BCUT2D eigenvalue weighted by atomic mass is 32.2. The fourth-order valence-corrected chi connectivity index (χ4v) is 4.93. The Labute approximate surface area is 215 Å². The van der Waals surface area contributed by atoms with Crippen molar-refractivity contribution in [2.75, 3.05) is 17.2 Å². The predicted molar refractivity (Wildman–Crippen MR) is 132 cm³/mol. The number of primary sulfonamides is 1. The van der Waals surface area contributed by atoms with Gasteiger partial charge in [0, 0.05) is 17.8 Å². The number of hydrogen-bond acceptors (Lipinski definition) is 4. The monoisotopic (exact) mass is 550 g/mol. The number of anilines is 2. The van der Waals surface area contributed by atoms with Crippen LogP contribution in [0.1, 0.15) is 18.4 Å². The van der Waals surface area contributed by atoms with Crippen LogP contribution in [0.3, 0.4) is 0 Å². The third kappa shape index (κ3) is 5.94. The molecule has 0 saturated carbocycles. The Morgan fingerprint density at radius 2 is 1.66 bits per heavy atom. The average Bonchev–Trinajstić information content (AvgIpc) is 3.35. The van der Waals surface area contributed by atoms with Gasteiger partial charge in [-0.3, -0.25) is 4.79 Å². The number of halogens is 4. The minimum atomic E-state index is -4.51. The van der Waals surface area contributed by atoms with Crippen molar-refractivity contribution in [1.82, 2.24) is 4.90 Å². The van der Waals surface area contributed by atoms with Crippen molar-refractivity contribution in [1.29, 1.82) is 0 Å². The number of nitrogens with two attached hydrogens (primary N) is 1. The Bertz CT molecular complexity index is 1480. The number of amides is 3. The zero-order valence-electron chi connectivity index (χ0n) is 19.6. The van der Waals surface area contributed by atoms with E-state index in [2.05, 4.69) is 10.6 Å². The molecular weight excluding hydrogens is 528 g/mol. The molecule has 0 bridgehead atoms. The standard InChI is InChI=1S/C25H22F4N4O4S/c26-19-14-15(18-4-1-2-6-22(18)38(30,36)37)7-12-20(19)32-23(34)21-5-3-13-33(21)24(35)31-17-10-8-16(9-11-17)25(27,28)29/h1-2,4,6-12,14,21H,3,5,13H2,(H,31,35)(H,32,34)(H2,30,36,37). The molecule has 200 valence electrons. The summed E-state index contributed by atoms with van der Waals surface area (Å²) in [7, 11) is -4.07. The minimum absolute atomic E-state index is 0.121. The van der Waals surface area contributed by atoms with E-state index in [9.17, 15) is 35.6 Å². The second-order valence-electron chi connectivity index (χ2n) is 8.58. The summed E-state index contributed by atoms with van der Waals surface area (Å²) in [6.07, 6.45) is -3.72. The summed E-state index contributed by atoms with van der Waals surface area (Å²) in [5, 5.41) is 10.2. The molecule has 4 rings (SSSR count). The molecule has 0 spiro atoms. The number of nitrogens with one attached hydrogen (secondary N) is 2. The Morgan fingerprint density at radius 1 is 0.974 bits per heavy atom. The predicted octanol–water partition coefficient (Wildman–Crippen LogP) is 4.79. The lowest BCUT2D eigenvalue weighted by Gasteiger charge is -2.24. The van der Waals surface area contributed by atoms with Gasteiger partial charge in [0.05, 0.1) is 16.1 Å². The van der Waals surface area contributed by atoms with Crippen LogP contribution in [0.2, 0.25) is 0 Å². The minimum Gasteiger partial charge on any atom is -0.322 e. The lowest BCUT2D eigenvalue weighted by molar-refractivity contribution is -0.137. The average molecular weight is 551 g/mol. The maximum atomic E-state index is 14.9. The van der Waals surface area contributed by atoms with Crippen LogP contribution >= 0.6 is 0 Å². The van der Waals surface area contributed by atoms with Crippen LogP contribution in [0.15, 0.2) is 71.6 Å². The summed E-state index contributed by atoms with van der Waals surface area (Å²) in [5.41, 5.74) is -0.510. The van der Waals surface area contributed by atoms with Crippen molar-refractivity contribution >= 4 is 33.3 Å². The highest BCUT2D eigenvalue weighted by Crippen LogP contribution is 2.31. The maximum absolute atomic E-state index is 14.9. The molecular formula is C25H22F4N4O4S. The molecule has 1 saturated heterocycles. The zero-order chi connectivity index (χ0) is 27.7. The number of nitrogens with zero attached hydrogens (tertiary/aromatic N) is 1. The number of alkyl halides is 3. The molecule has 1 fully saturated rings. The molecule has 1 unspecified atom stereocenters. The molecule has 1 aliphatic heterocycles. The fourth-order valence-electron chi connectivity index (χ4n) is 4.17. The van der Waals surface area contributed by atoms with Crippen LogP contribution in [0.4, 0.5) is 33.7 Å². The Balaban J connectivity index is 1.46. The van der Waals surface area contributed by atoms with Gasteiger partial charge in [-0.05, 0) is 60.9 Å². The maximum Gasteiger partial charge on any atom is 0.416 e. The van der Waals surface area contributed by atoms with Crippen molar-refractivity contribution in [3.8, 4) is 11.1 Å². The topological polar surface area (TPSA) is 122 Å². The van der Waals surface area contributed by atoms with Crippen LogP contribution in [0, 0.1) is 5.82 Å². The third-order valence-corrected chi connectivity index (χ3v) is 6.98. The number of carbonyl (C=O) groups is 2. The van der Waals surface area contributed by atoms with E-state index < -0.39 is 45.6 Å². The van der Waals surface area contributed by atoms with Crippen molar-refractivity contribution in [3.63, 3.8) is 0 Å². The summed E-state index contributed by atoms with van der Waals surface area (Å²) in [6.45, 7) is 0.219. The van der Waals surface area contributed by atoms with Gasteiger partial charge in [0.25, 0.3) is 0 Å². The van der Waals surface area contributed by atoms with E-state index in [4.69, 9.17) is 5.14 Å². The van der Waals surface area contributed by atoms with Gasteiger partial charge in [0.1, 0.15) is 11.9 Å². The van der Waals surface area contributed by atoms with E-state index in [1.807, 2.05) is 0 Å². The van der Waals surface area contributed by atoms with Gasteiger partial charge < -0.3 is 15.5 Å². The lowest BCUT2D eigenvalue weighted by atomic mass is 10.0. The van der Waals surface area contributed by atoms with Crippen LogP contribution in [-0.4, -0.2) is 37.8 Å². The molecule has 0 aliphatic carbocycles. The number of rotatable bonds is 5. The molecule has 0 radical (unpaired) electrons. The van der Waals surface area contributed by atoms with Gasteiger partial charge in [0.15, 0.2) is 0 Å². The molecule has 0 aromatic heterocycles. The molecule has 8 nitrogen and oxygen atoms in total. The van der Waals surface area contributed by atoms with Crippen molar-refractivity contribution in [3.05, 3.63) is 78.1 Å². The van der Waals surface area contributed by atoms with Gasteiger partial charge in [0.2, 0.25) is 15.9 Å². The third-order valence-electron chi connectivity index (χ3n) is 6.01. The van der Waals surface area contributed by atoms with E-state index in [0.717, 1.165) is 30.3 Å². The molecule has 3 aromatic carbocycles. The summed E-state index contributed by atoms with van der Waals surface area (Å²) < 4.78 is 76.9. The Hall–Kier alpha value is -3.97. The fraction of sp³-hybridized carbons (Fsp3) is 0.200. The Morgan fingerprint density at radius 3 is 2.29 bits per heavy atom. The number of urea groups is 1. The van der Waals surface area contributed by atoms with Crippen LogP contribution in [0.25, 0.3) is 11.1 Å². The van der Waals surface area contributed by atoms with E-state index in [1.54, 1.807) is 6.07 Å². The van der Waals surface area contributed by atoms with E-state index in [1.165, 1.54) is 35.2 Å². The smallest absolute Gasteiger partial charge is 0.322 e. The molecule has 38 heavy (non-hydrogen) atoms. The normalized spacial score (nSPS) is 15.8. The highest BCUT2D eigenvalue weighted by molar-refractivity contribution is 7.89. The van der Waals surface area contributed by atoms with Crippen LogP contribution in [0.5, 0.6) is 0 Å². The van der Waals surface area contributed by atoms with Crippen molar-refractivity contribution in [2.24, 2.45) is 5.14 Å². The number of carbonyl (C=O) groups excluding carboxylic acids is 2. The zero-order valence-corrected chi connectivity index (χ0v) is 20.4. The summed E-state index contributed by atoms with van der Waals surface area (Å²) >= 11 is 0. The number of likely N-dealkylation sites (tertiary alicyclic amines) is 1. The van der Waals surface area contributed by atoms with Gasteiger partial charge in [-0.15, -0.1) is 0 Å². The second-order valence-corrected chi connectivity index (χ2v) is 10.1. The molecule has 3 aromatic rings. The first-order valence-corrected chi connectivity index (χ1v) is 12.9. The summed E-state index contributed by atoms with van der Waals surface area (Å²) in [4.78, 5) is 26.7. The van der Waals surface area contributed by atoms with Gasteiger partial charge >= 0.3 is 12.2 Å². The molecule has 13 heteroatoms.